The molecule has 0 aliphatic rings. The van der Waals surface area contributed by atoms with Gasteiger partial charge in [-0.25, -0.2) is 8.42 Å². The molecule has 0 amide bonds. The molecular formula is C16H10Cl3N3O3S. The summed E-state index contributed by atoms with van der Waals surface area (Å²) in [4.78, 5) is 12.1. The van der Waals surface area contributed by atoms with E-state index < -0.39 is 15.6 Å². The Morgan fingerprint density at radius 3 is 2.35 bits per heavy atom. The third-order valence-electron chi connectivity index (χ3n) is 3.34. The average molecular weight is 431 g/mol. The Hall–Kier alpha value is -2.06. The van der Waals surface area contributed by atoms with Gasteiger partial charge in [0.2, 0.25) is 0 Å². The molecule has 1 heterocycles. The van der Waals surface area contributed by atoms with Crippen molar-refractivity contribution in [1.29, 1.82) is 0 Å². The summed E-state index contributed by atoms with van der Waals surface area (Å²) < 4.78 is 28.3. The molecule has 0 spiro atoms. The molecule has 3 rings (SSSR count). The summed E-state index contributed by atoms with van der Waals surface area (Å²) in [5.74, 6) is 0. The van der Waals surface area contributed by atoms with E-state index in [-0.39, 0.29) is 14.9 Å². The van der Waals surface area contributed by atoms with E-state index in [1.165, 1.54) is 36.5 Å². The second-order valence-electron chi connectivity index (χ2n) is 5.13. The number of halogens is 3. The van der Waals surface area contributed by atoms with E-state index in [0.717, 1.165) is 4.68 Å². The molecule has 0 saturated carbocycles. The molecule has 0 fully saturated rings. The smallest absolute Gasteiger partial charge is 0.280 e. The fourth-order valence-electron chi connectivity index (χ4n) is 2.13. The van der Waals surface area contributed by atoms with Crippen LogP contribution < -0.4 is 10.3 Å². The summed E-state index contributed by atoms with van der Waals surface area (Å²) in [6, 6.07) is 11.9. The quantitative estimate of drug-likeness (QED) is 0.678. The first-order valence-corrected chi connectivity index (χ1v) is 9.72. The molecule has 2 aromatic carbocycles. The summed E-state index contributed by atoms with van der Waals surface area (Å²) >= 11 is 17.4. The number of hydrogen-bond acceptors (Lipinski definition) is 4. The van der Waals surface area contributed by atoms with Gasteiger partial charge < -0.3 is 0 Å². The molecule has 26 heavy (non-hydrogen) atoms. The Kier molecular flexibility index (Phi) is 5.24. The SMILES string of the molecule is O=c1c(Cl)c(Cl)cnn1-c1ccc(S(=O)(=O)Nc2cccc(Cl)c2)cc1. The fourth-order valence-corrected chi connectivity index (χ4v) is 3.62. The predicted octanol–water partition coefficient (Wildman–Crippen LogP) is 3.99. The van der Waals surface area contributed by atoms with Crippen LogP contribution in [0.15, 0.2) is 64.4 Å². The van der Waals surface area contributed by atoms with Gasteiger partial charge in [0.15, 0.2) is 0 Å². The first-order chi connectivity index (χ1) is 12.3. The number of anilines is 1. The first kappa shape index (κ1) is 18.7. The molecule has 0 unspecified atom stereocenters. The lowest BCUT2D eigenvalue weighted by atomic mass is 10.3. The third-order valence-corrected chi connectivity index (χ3v) is 5.73. The van der Waals surface area contributed by atoms with Crippen molar-refractivity contribution in [1.82, 2.24) is 9.78 Å². The van der Waals surface area contributed by atoms with Crippen molar-refractivity contribution in [3.05, 3.63) is 80.1 Å². The number of sulfonamides is 1. The van der Waals surface area contributed by atoms with Gasteiger partial charge in [0.1, 0.15) is 5.02 Å². The van der Waals surface area contributed by atoms with Crippen LogP contribution in [-0.4, -0.2) is 18.2 Å². The van der Waals surface area contributed by atoms with Gasteiger partial charge in [-0.05, 0) is 42.5 Å². The molecule has 0 aliphatic carbocycles. The standard InChI is InChI=1S/C16H10Cl3N3O3S/c17-10-2-1-3-11(8-10)21-26(24,25)13-6-4-12(5-7-13)22-16(23)15(19)14(18)9-20-22/h1-9,21H. The molecule has 0 atom stereocenters. The predicted molar refractivity (Wildman–Crippen MR) is 102 cm³/mol. The molecule has 134 valence electrons. The molecule has 1 N–H and O–H groups in total. The molecule has 0 aliphatic heterocycles. The number of benzene rings is 2. The Morgan fingerprint density at radius 1 is 1.00 bits per heavy atom. The van der Waals surface area contributed by atoms with E-state index in [1.807, 2.05) is 0 Å². The molecule has 0 bridgehead atoms. The molecule has 1 aromatic heterocycles. The Labute approximate surface area is 164 Å². The fraction of sp³-hybridized carbons (Fsp3) is 0. The zero-order chi connectivity index (χ0) is 18.9. The molecule has 3 aromatic rings. The van der Waals surface area contributed by atoms with E-state index in [2.05, 4.69) is 9.82 Å². The lowest BCUT2D eigenvalue weighted by Gasteiger charge is -2.10. The van der Waals surface area contributed by atoms with Gasteiger partial charge in [-0.3, -0.25) is 9.52 Å². The minimum atomic E-state index is -3.82. The largest absolute Gasteiger partial charge is 0.291 e. The summed E-state index contributed by atoms with van der Waals surface area (Å²) in [5, 5.41) is 4.17. The van der Waals surface area contributed by atoms with Crippen LogP contribution in [-0.2, 0) is 10.0 Å². The first-order valence-electron chi connectivity index (χ1n) is 7.10. The van der Waals surface area contributed by atoms with Crippen LogP contribution >= 0.6 is 34.8 Å². The van der Waals surface area contributed by atoms with Crippen LogP contribution in [0.5, 0.6) is 0 Å². The molecule has 10 heteroatoms. The van der Waals surface area contributed by atoms with Crippen molar-refractivity contribution in [2.45, 2.75) is 4.90 Å². The Bertz CT molecular complexity index is 1130. The van der Waals surface area contributed by atoms with E-state index in [1.54, 1.807) is 18.2 Å². The maximum absolute atomic E-state index is 12.4. The van der Waals surface area contributed by atoms with Crippen molar-refractivity contribution < 1.29 is 8.42 Å². The zero-order valence-corrected chi connectivity index (χ0v) is 15.9. The van der Waals surface area contributed by atoms with E-state index in [4.69, 9.17) is 34.8 Å². The lowest BCUT2D eigenvalue weighted by molar-refractivity contribution is 0.601. The van der Waals surface area contributed by atoms with Crippen molar-refractivity contribution in [3.8, 4) is 5.69 Å². The summed E-state index contributed by atoms with van der Waals surface area (Å²) in [7, 11) is -3.82. The number of nitrogens with zero attached hydrogens (tertiary/aromatic N) is 2. The van der Waals surface area contributed by atoms with Crippen LogP contribution in [0.3, 0.4) is 0 Å². The number of hydrogen-bond donors (Lipinski definition) is 1. The van der Waals surface area contributed by atoms with Crippen LogP contribution in [0.4, 0.5) is 5.69 Å². The maximum atomic E-state index is 12.4. The van der Waals surface area contributed by atoms with E-state index in [9.17, 15) is 13.2 Å². The number of rotatable bonds is 4. The number of aromatic nitrogens is 2. The van der Waals surface area contributed by atoms with Gasteiger partial charge in [0.25, 0.3) is 15.6 Å². The van der Waals surface area contributed by atoms with Gasteiger partial charge in [-0.15, -0.1) is 0 Å². The zero-order valence-electron chi connectivity index (χ0n) is 12.9. The van der Waals surface area contributed by atoms with Gasteiger partial charge in [0, 0.05) is 5.02 Å². The molecular weight excluding hydrogens is 421 g/mol. The highest BCUT2D eigenvalue weighted by Gasteiger charge is 2.15. The highest BCUT2D eigenvalue weighted by Crippen LogP contribution is 2.21. The highest BCUT2D eigenvalue weighted by molar-refractivity contribution is 7.92. The van der Waals surface area contributed by atoms with Crippen molar-refractivity contribution in [3.63, 3.8) is 0 Å². The normalized spacial score (nSPS) is 11.3. The minimum Gasteiger partial charge on any atom is -0.280 e. The van der Waals surface area contributed by atoms with E-state index in [0.29, 0.717) is 16.4 Å². The lowest BCUT2D eigenvalue weighted by Crippen LogP contribution is -2.21. The topological polar surface area (TPSA) is 81.1 Å². The Balaban J connectivity index is 1.92. The number of nitrogens with one attached hydrogen (secondary N) is 1. The second-order valence-corrected chi connectivity index (χ2v) is 8.04. The minimum absolute atomic E-state index is 0.00864. The van der Waals surface area contributed by atoms with Gasteiger partial charge in [-0.2, -0.15) is 9.78 Å². The van der Waals surface area contributed by atoms with Gasteiger partial charge >= 0.3 is 0 Å². The van der Waals surface area contributed by atoms with Gasteiger partial charge in [-0.1, -0.05) is 40.9 Å². The third kappa shape index (κ3) is 3.86. The van der Waals surface area contributed by atoms with E-state index >= 15 is 0 Å². The molecule has 6 nitrogen and oxygen atoms in total. The monoisotopic (exact) mass is 429 g/mol. The molecule has 0 saturated heterocycles. The van der Waals surface area contributed by atoms with Crippen molar-refractivity contribution in [2.24, 2.45) is 0 Å². The van der Waals surface area contributed by atoms with Crippen molar-refractivity contribution in [2.75, 3.05) is 4.72 Å². The second kappa shape index (κ2) is 7.28. The highest BCUT2D eigenvalue weighted by atomic mass is 35.5. The van der Waals surface area contributed by atoms with Gasteiger partial charge in [0.05, 0.1) is 27.5 Å². The summed E-state index contributed by atoms with van der Waals surface area (Å²) in [6.45, 7) is 0. The van der Waals surface area contributed by atoms with Crippen molar-refractivity contribution >= 4 is 50.5 Å². The van der Waals surface area contributed by atoms with Crippen LogP contribution in [0.25, 0.3) is 5.69 Å². The van der Waals surface area contributed by atoms with Crippen LogP contribution in [0.1, 0.15) is 0 Å². The molecule has 0 radical (unpaired) electrons. The Morgan fingerprint density at radius 2 is 1.69 bits per heavy atom. The average Bonchev–Trinajstić information content (AvgIpc) is 2.60. The maximum Gasteiger partial charge on any atom is 0.291 e. The van der Waals surface area contributed by atoms with Crippen LogP contribution in [0, 0.1) is 0 Å². The summed E-state index contributed by atoms with van der Waals surface area (Å²) in [5.41, 5.74) is 0.0750. The van der Waals surface area contributed by atoms with Crippen LogP contribution in [0.2, 0.25) is 15.1 Å². The summed E-state index contributed by atoms with van der Waals surface area (Å²) in [6.07, 6.45) is 1.23.